The first kappa shape index (κ1) is 17.5. The molecule has 1 aliphatic heterocycles. The summed E-state index contributed by atoms with van der Waals surface area (Å²) in [6, 6.07) is 5.73. The van der Waals surface area contributed by atoms with Crippen molar-refractivity contribution in [3.8, 4) is 11.5 Å². The van der Waals surface area contributed by atoms with Crippen molar-refractivity contribution in [2.24, 2.45) is 0 Å². The lowest BCUT2D eigenvalue weighted by molar-refractivity contribution is 0.00755. The molecule has 1 aliphatic rings. The monoisotopic (exact) mass is 341 g/mol. The van der Waals surface area contributed by atoms with Crippen LogP contribution in [-0.4, -0.2) is 44.1 Å². The number of ether oxygens (including phenoxy) is 3. The Labute approximate surface area is 140 Å². The number of hydrogen-bond donors (Lipinski definition) is 1. The van der Waals surface area contributed by atoms with Gasteiger partial charge in [-0.3, -0.25) is 0 Å². The highest BCUT2D eigenvalue weighted by Crippen LogP contribution is 2.28. The zero-order valence-electron chi connectivity index (χ0n) is 13.1. The molecule has 0 spiro atoms. The summed E-state index contributed by atoms with van der Waals surface area (Å²) >= 11 is 0. The number of rotatable bonds is 5. The molecule has 0 bridgehead atoms. The molecule has 126 valence electrons. The Balaban J connectivity index is 0.00000192. The van der Waals surface area contributed by atoms with Gasteiger partial charge < -0.3 is 24.1 Å². The van der Waals surface area contributed by atoms with Crippen LogP contribution < -0.4 is 14.8 Å². The molecule has 1 saturated heterocycles. The normalized spacial score (nSPS) is 17.4. The molecule has 2 aromatic rings. The molecule has 1 N–H and O–H groups in total. The second-order valence-electron chi connectivity index (χ2n) is 4.98. The number of benzene rings is 1. The molecule has 7 nitrogen and oxygen atoms in total. The SMILES string of the molecule is COc1ccc(Cc2noc([C@@H]3CNCCO3)n2)cc1OC.Cl. The predicted molar refractivity (Wildman–Crippen MR) is 85.5 cm³/mol. The van der Waals surface area contributed by atoms with Gasteiger partial charge in [-0.1, -0.05) is 11.2 Å². The second kappa shape index (κ2) is 8.14. The molecule has 0 aliphatic carbocycles. The minimum atomic E-state index is -0.166. The van der Waals surface area contributed by atoms with Crippen molar-refractivity contribution in [2.45, 2.75) is 12.5 Å². The van der Waals surface area contributed by atoms with Gasteiger partial charge in [0.1, 0.15) is 6.10 Å². The van der Waals surface area contributed by atoms with Crippen LogP contribution in [0.2, 0.25) is 0 Å². The molecule has 2 heterocycles. The minimum absolute atomic E-state index is 0. The first-order valence-electron chi connectivity index (χ1n) is 7.16. The lowest BCUT2D eigenvalue weighted by Gasteiger charge is -2.19. The van der Waals surface area contributed by atoms with Gasteiger partial charge in [-0.05, 0) is 17.7 Å². The molecule has 23 heavy (non-hydrogen) atoms. The minimum Gasteiger partial charge on any atom is -0.493 e. The van der Waals surface area contributed by atoms with Crippen molar-refractivity contribution >= 4 is 12.4 Å². The molecule has 1 aromatic carbocycles. The van der Waals surface area contributed by atoms with Crippen LogP contribution in [0.25, 0.3) is 0 Å². The maximum atomic E-state index is 5.60. The lowest BCUT2D eigenvalue weighted by Crippen LogP contribution is -2.33. The molecule has 3 rings (SSSR count). The van der Waals surface area contributed by atoms with Gasteiger partial charge in [-0.2, -0.15) is 4.98 Å². The van der Waals surface area contributed by atoms with Gasteiger partial charge in [0.15, 0.2) is 17.3 Å². The van der Waals surface area contributed by atoms with E-state index in [2.05, 4.69) is 15.5 Å². The van der Waals surface area contributed by atoms with E-state index in [0.717, 1.165) is 12.1 Å². The summed E-state index contributed by atoms with van der Waals surface area (Å²) in [5, 5.41) is 7.26. The summed E-state index contributed by atoms with van der Waals surface area (Å²) in [6.07, 6.45) is 0.393. The largest absolute Gasteiger partial charge is 0.493 e. The molecule has 0 saturated carbocycles. The number of halogens is 1. The number of aromatic nitrogens is 2. The van der Waals surface area contributed by atoms with Crippen LogP contribution in [0.3, 0.4) is 0 Å². The molecular formula is C15H20ClN3O4. The summed E-state index contributed by atoms with van der Waals surface area (Å²) in [4.78, 5) is 4.41. The van der Waals surface area contributed by atoms with Gasteiger partial charge >= 0.3 is 0 Å². The maximum absolute atomic E-state index is 5.60. The number of hydrogen-bond acceptors (Lipinski definition) is 7. The number of morpholine rings is 1. The number of methoxy groups -OCH3 is 2. The number of nitrogens with one attached hydrogen (secondary N) is 1. The van der Waals surface area contributed by atoms with E-state index in [1.807, 2.05) is 18.2 Å². The van der Waals surface area contributed by atoms with Crippen LogP contribution in [-0.2, 0) is 11.2 Å². The second-order valence-corrected chi connectivity index (χ2v) is 4.98. The van der Waals surface area contributed by atoms with E-state index >= 15 is 0 Å². The fourth-order valence-electron chi connectivity index (χ4n) is 2.37. The summed E-state index contributed by atoms with van der Waals surface area (Å²) in [7, 11) is 3.22. The standard InChI is InChI=1S/C15H19N3O4.ClH/c1-19-11-4-3-10(7-12(11)20-2)8-14-17-15(22-18-14)13-9-16-5-6-21-13;/h3-4,7,13,16H,5-6,8-9H2,1-2H3;1H/t13-;/m0./s1. The highest BCUT2D eigenvalue weighted by atomic mass is 35.5. The molecule has 1 fully saturated rings. The van der Waals surface area contributed by atoms with Crippen molar-refractivity contribution in [1.29, 1.82) is 0 Å². The van der Waals surface area contributed by atoms with Crippen molar-refractivity contribution in [2.75, 3.05) is 33.9 Å². The van der Waals surface area contributed by atoms with E-state index in [9.17, 15) is 0 Å². The van der Waals surface area contributed by atoms with E-state index in [1.54, 1.807) is 14.2 Å². The molecular weight excluding hydrogens is 322 g/mol. The van der Waals surface area contributed by atoms with Gasteiger partial charge in [0, 0.05) is 19.5 Å². The Bertz CT molecular complexity index is 629. The van der Waals surface area contributed by atoms with Crippen molar-refractivity contribution in [3.63, 3.8) is 0 Å². The van der Waals surface area contributed by atoms with Crippen molar-refractivity contribution in [1.82, 2.24) is 15.5 Å². The summed E-state index contributed by atoms with van der Waals surface area (Å²) < 4.78 is 21.4. The van der Waals surface area contributed by atoms with Crippen LogP contribution in [0.15, 0.2) is 22.7 Å². The topological polar surface area (TPSA) is 78.6 Å². The summed E-state index contributed by atoms with van der Waals surface area (Å²) in [5.41, 5.74) is 1.02. The summed E-state index contributed by atoms with van der Waals surface area (Å²) in [5.74, 6) is 2.52. The Morgan fingerprint density at radius 1 is 1.26 bits per heavy atom. The van der Waals surface area contributed by atoms with Crippen LogP contribution in [0.4, 0.5) is 0 Å². The average molecular weight is 342 g/mol. The summed E-state index contributed by atoms with van der Waals surface area (Å²) in [6.45, 7) is 2.19. The average Bonchev–Trinajstić information content (AvgIpc) is 3.04. The molecule has 0 amide bonds. The van der Waals surface area contributed by atoms with Crippen molar-refractivity contribution in [3.05, 3.63) is 35.5 Å². The third kappa shape index (κ3) is 4.13. The molecule has 0 radical (unpaired) electrons. The Hall–Kier alpha value is -1.83. The van der Waals surface area contributed by atoms with Crippen LogP contribution in [0.5, 0.6) is 11.5 Å². The van der Waals surface area contributed by atoms with Crippen LogP contribution in [0.1, 0.15) is 23.4 Å². The molecule has 1 atom stereocenters. The van der Waals surface area contributed by atoms with Crippen LogP contribution in [0, 0.1) is 0 Å². The first-order chi connectivity index (χ1) is 10.8. The van der Waals surface area contributed by atoms with Gasteiger partial charge in [0.2, 0.25) is 0 Å². The molecule has 0 unspecified atom stereocenters. The predicted octanol–water partition coefficient (Wildman–Crippen LogP) is 1.76. The van der Waals surface area contributed by atoms with Crippen LogP contribution >= 0.6 is 12.4 Å². The van der Waals surface area contributed by atoms with Gasteiger partial charge in [-0.25, -0.2) is 0 Å². The van der Waals surface area contributed by atoms with E-state index in [1.165, 1.54) is 0 Å². The fraction of sp³-hybridized carbons (Fsp3) is 0.467. The quantitative estimate of drug-likeness (QED) is 0.887. The Morgan fingerprint density at radius 3 is 2.78 bits per heavy atom. The molecule has 8 heteroatoms. The fourth-order valence-corrected chi connectivity index (χ4v) is 2.37. The smallest absolute Gasteiger partial charge is 0.257 e. The van der Waals surface area contributed by atoms with E-state index < -0.39 is 0 Å². The highest BCUT2D eigenvalue weighted by molar-refractivity contribution is 5.85. The molecule has 1 aromatic heterocycles. The van der Waals surface area contributed by atoms with E-state index in [4.69, 9.17) is 18.7 Å². The third-order valence-corrected chi connectivity index (χ3v) is 3.50. The lowest BCUT2D eigenvalue weighted by atomic mass is 10.1. The maximum Gasteiger partial charge on any atom is 0.257 e. The highest BCUT2D eigenvalue weighted by Gasteiger charge is 2.22. The third-order valence-electron chi connectivity index (χ3n) is 3.50. The van der Waals surface area contributed by atoms with Gasteiger partial charge in [0.05, 0.1) is 20.8 Å². The van der Waals surface area contributed by atoms with Gasteiger partial charge in [-0.15, -0.1) is 12.4 Å². The van der Waals surface area contributed by atoms with E-state index in [0.29, 0.717) is 42.8 Å². The van der Waals surface area contributed by atoms with E-state index in [-0.39, 0.29) is 18.5 Å². The zero-order valence-corrected chi connectivity index (χ0v) is 13.9. The van der Waals surface area contributed by atoms with Gasteiger partial charge in [0.25, 0.3) is 5.89 Å². The Morgan fingerprint density at radius 2 is 2.09 bits per heavy atom. The number of nitrogens with zero attached hydrogens (tertiary/aromatic N) is 2. The Kier molecular flexibility index (Phi) is 6.20. The van der Waals surface area contributed by atoms with Crippen molar-refractivity contribution < 1.29 is 18.7 Å². The first-order valence-corrected chi connectivity index (χ1v) is 7.16. The zero-order chi connectivity index (χ0) is 15.4.